The quantitative estimate of drug-likeness (QED) is 0.644. The first-order chi connectivity index (χ1) is 12.5. The van der Waals surface area contributed by atoms with E-state index in [4.69, 9.17) is 20.9 Å². The van der Waals surface area contributed by atoms with Gasteiger partial charge in [0.15, 0.2) is 11.5 Å². The van der Waals surface area contributed by atoms with Gasteiger partial charge in [0.2, 0.25) is 0 Å². The number of hydrogen-bond donors (Lipinski definition) is 0. The molecule has 134 valence electrons. The first-order valence-electron chi connectivity index (χ1n) is 7.86. The first-order valence-corrected chi connectivity index (χ1v) is 8.23. The van der Waals surface area contributed by atoms with Crippen LogP contribution in [-0.2, 0) is 13.2 Å². The van der Waals surface area contributed by atoms with Gasteiger partial charge >= 0.3 is 0 Å². The zero-order valence-electron chi connectivity index (χ0n) is 14.0. The van der Waals surface area contributed by atoms with Crippen molar-refractivity contribution in [1.29, 1.82) is 0 Å². The van der Waals surface area contributed by atoms with Gasteiger partial charge in [0.05, 0.1) is 5.02 Å². The highest BCUT2D eigenvalue weighted by Gasteiger charge is 2.17. The van der Waals surface area contributed by atoms with Crippen molar-refractivity contribution in [2.75, 3.05) is 7.05 Å². The van der Waals surface area contributed by atoms with E-state index in [0.29, 0.717) is 18.1 Å². The molecular formula is C19H16ClFN2O3. The molecule has 0 N–H and O–H groups in total. The van der Waals surface area contributed by atoms with Gasteiger partial charge in [-0.1, -0.05) is 47.1 Å². The molecule has 2 aromatic carbocycles. The highest BCUT2D eigenvalue weighted by molar-refractivity contribution is 6.32. The number of amides is 1. The van der Waals surface area contributed by atoms with E-state index >= 15 is 0 Å². The van der Waals surface area contributed by atoms with Crippen LogP contribution in [0.3, 0.4) is 0 Å². The fraction of sp³-hybridized carbons (Fsp3) is 0.158. The van der Waals surface area contributed by atoms with Crippen molar-refractivity contribution in [2.45, 2.75) is 13.2 Å². The second-order valence-electron chi connectivity index (χ2n) is 5.69. The molecule has 0 aliphatic heterocycles. The Hall–Kier alpha value is -2.86. The molecule has 0 radical (unpaired) electrons. The minimum absolute atomic E-state index is 0.0219. The number of ether oxygens (including phenoxy) is 1. The van der Waals surface area contributed by atoms with Crippen molar-refractivity contribution < 1.29 is 18.4 Å². The lowest BCUT2D eigenvalue weighted by molar-refractivity contribution is 0.0774. The van der Waals surface area contributed by atoms with Crippen molar-refractivity contribution >= 4 is 17.5 Å². The van der Waals surface area contributed by atoms with Crippen molar-refractivity contribution in [3.63, 3.8) is 0 Å². The standard InChI is InChI=1S/C19H16ClFN2O3/c1-23(11-13-5-3-2-4-6-13)19(24)17-10-15(26-22-17)12-25-18-8-7-14(21)9-16(18)20/h2-10H,11-12H2,1H3. The summed E-state index contributed by atoms with van der Waals surface area (Å²) in [5.74, 6) is -0.0274. The molecule has 0 atom stereocenters. The van der Waals surface area contributed by atoms with Crippen LogP contribution in [0, 0.1) is 5.82 Å². The number of aromatic nitrogens is 1. The summed E-state index contributed by atoms with van der Waals surface area (Å²) < 4.78 is 23.6. The first kappa shape index (κ1) is 17.9. The summed E-state index contributed by atoms with van der Waals surface area (Å²) in [7, 11) is 1.69. The lowest BCUT2D eigenvalue weighted by atomic mass is 10.2. The Morgan fingerprint density at radius 2 is 2.00 bits per heavy atom. The molecule has 0 saturated carbocycles. The molecule has 0 unspecified atom stereocenters. The maximum Gasteiger partial charge on any atom is 0.276 e. The summed E-state index contributed by atoms with van der Waals surface area (Å²) in [4.78, 5) is 14.0. The van der Waals surface area contributed by atoms with Crippen LogP contribution in [0.5, 0.6) is 5.75 Å². The van der Waals surface area contributed by atoms with Gasteiger partial charge in [0, 0.05) is 19.7 Å². The average molecular weight is 375 g/mol. The van der Waals surface area contributed by atoms with Crippen LogP contribution < -0.4 is 4.74 Å². The molecule has 26 heavy (non-hydrogen) atoms. The fourth-order valence-corrected chi connectivity index (χ4v) is 2.57. The molecule has 0 fully saturated rings. The molecule has 0 aliphatic rings. The van der Waals surface area contributed by atoms with E-state index in [-0.39, 0.29) is 23.2 Å². The predicted molar refractivity (Wildman–Crippen MR) is 94.5 cm³/mol. The van der Waals surface area contributed by atoms with E-state index in [1.807, 2.05) is 30.3 Å². The molecule has 0 saturated heterocycles. The van der Waals surface area contributed by atoms with Gasteiger partial charge in [-0.05, 0) is 23.8 Å². The molecule has 1 amide bonds. The summed E-state index contributed by atoms with van der Waals surface area (Å²) in [6, 6.07) is 15.0. The monoisotopic (exact) mass is 374 g/mol. The molecule has 3 aromatic rings. The zero-order chi connectivity index (χ0) is 18.5. The van der Waals surface area contributed by atoms with Crippen LogP contribution in [0.25, 0.3) is 0 Å². The topological polar surface area (TPSA) is 55.6 Å². The number of benzene rings is 2. The zero-order valence-corrected chi connectivity index (χ0v) is 14.7. The van der Waals surface area contributed by atoms with E-state index in [1.54, 1.807) is 11.9 Å². The Bertz CT molecular complexity index is 899. The third kappa shape index (κ3) is 4.40. The summed E-state index contributed by atoms with van der Waals surface area (Å²) >= 11 is 5.90. The Morgan fingerprint density at radius 1 is 1.23 bits per heavy atom. The Balaban J connectivity index is 1.60. The van der Waals surface area contributed by atoms with E-state index in [1.165, 1.54) is 18.2 Å². The minimum Gasteiger partial charge on any atom is -0.484 e. The molecule has 3 rings (SSSR count). The SMILES string of the molecule is CN(Cc1ccccc1)C(=O)c1cc(COc2ccc(F)cc2Cl)on1. The summed E-state index contributed by atoms with van der Waals surface area (Å²) in [6.45, 7) is 0.484. The van der Waals surface area contributed by atoms with Crippen molar-refractivity contribution in [3.8, 4) is 5.75 Å². The molecule has 1 heterocycles. The van der Waals surface area contributed by atoms with Crippen LogP contribution >= 0.6 is 11.6 Å². The van der Waals surface area contributed by atoms with E-state index in [2.05, 4.69) is 5.16 Å². The third-order valence-corrected chi connectivity index (χ3v) is 3.95. The normalized spacial score (nSPS) is 10.6. The number of carbonyl (C=O) groups is 1. The highest BCUT2D eigenvalue weighted by Crippen LogP contribution is 2.25. The van der Waals surface area contributed by atoms with Crippen molar-refractivity contribution in [2.24, 2.45) is 0 Å². The van der Waals surface area contributed by atoms with Gasteiger partial charge in [-0.15, -0.1) is 0 Å². The average Bonchev–Trinajstić information content (AvgIpc) is 3.10. The molecule has 0 bridgehead atoms. The number of halogens is 2. The molecule has 5 nitrogen and oxygen atoms in total. The summed E-state index contributed by atoms with van der Waals surface area (Å²) in [5.41, 5.74) is 1.20. The van der Waals surface area contributed by atoms with Gasteiger partial charge in [0.1, 0.15) is 18.2 Å². The van der Waals surface area contributed by atoms with Gasteiger partial charge in [-0.25, -0.2) is 4.39 Å². The lowest BCUT2D eigenvalue weighted by Gasteiger charge is -2.15. The minimum atomic E-state index is -0.448. The Morgan fingerprint density at radius 3 is 2.73 bits per heavy atom. The summed E-state index contributed by atoms with van der Waals surface area (Å²) in [6.07, 6.45) is 0. The molecular weight excluding hydrogens is 359 g/mol. The van der Waals surface area contributed by atoms with Crippen LogP contribution in [0.15, 0.2) is 59.1 Å². The van der Waals surface area contributed by atoms with Crippen molar-refractivity contribution in [3.05, 3.63) is 82.5 Å². The largest absolute Gasteiger partial charge is 0.484 e. The third-order valence-electron chi connectivity index (χ3n) is 3.65. The van der Waals surface area contributed by atoms with Gasteiger partial charge in [-0.3, -0.25) is 4.79 Å². The maximum atomic E-state index is 13.0. The molecule has 0 spiro atoms. The second-order valence-corrected chi connectivity index (χ2v) is 6.10. The lowest BCUT2D eigenvalue weighted by Crippen LogP contribution is -2.26. The smallest absolute Gasteiger partial charge is 0.276 e. The number of rotatable bonds is 6. The van der Waals surface area contributed by atoms with E-state index in [9.17, 15) is 9.18 Å². The summed E-state index contributed by atoms with van der Waals surface area (Å²) in [5, 5.41) is 3.94. The van der Waals surface area contributed by atoms with Crippen LogP contribution in [0.2, 0.25) is 5.02 Å². The van der Waals surface area contributed by atoms with Gasteiger partial charge < -0.3 is 14.2 Å². The van der Waals surface area contributed by atoms with Gasteiger partial charge in [0.25, 0.3) is 5.91 Å². The number of nitrogens with zero attached hydrogens (tertiary/aromatic N) is 2. The Labute approximate surface area is 154 Å². The van der Waals surface area contributed by atoms with Gasteiger partial charge in [-0.2, -0.15) is 0 Å². The fourth-order valence-electron chi connectivity index (χ4n) is 2.35. The maximum absolute atomic E-state index is 13.0. The van der Waals surface area contributed by atoms with Crippen LogP contribution in [0.1, 0.15) is 21.8 Å². The molecule has 7 heteroatoms. The van der Waals surface area contributed by atoms with Crippen LogP contribution in [0.4, 0.5) is 4.39 Å². The van der Waals surface area contributed by atoms with Crippen molar-refractivity contribution in [1.82, 2.24) is 10.1 Å². The van der Waals surface area contributed by atoms with Crippen LogP contribution in [-0.4, -0.2) is 23.0 Å². The Kier molecular flexibility index (Phi) is 5.53. The van der Waals surface area contributed by atoms with E-state index < -0.39 is 5.82 Å². The molecule has 0 aliphatic carbocycles. The second kappa shape index (κ2) is 8.01. The predicted octanol–water partition coefficient (Wildman–Crippen LogP) is 4.32. The van der Waals surface area contributed by atoms with E-state index in [0.717, 1.165) is 11.6 Å². The number of hydrogen-bond acceptors (Lipinski definition) is 4. The highest BCUT2D eigenvalue weighted by atomic mass is 35.5. The number of carbonyl (C=O) groups excluding carboxylic acids is 1. The molecule has 1 aromatic heterocycles.